The maximum atomic E-state index is 11.7. The SMILES string of the molecule is COc1cc2c(cc1OC)CN(C(O)C1Cc3ccccc3CN1Cc1cccc(Cl)c1Cl)CC2. The zero-order valence-corrected chi connectivity index (χ0v) is 21.5. The van der Waals surface area contributed by atoms with Gasteiger partial charge in [0.25, 0.3) is 0 Å². The number of hydrogen-bond acceptors (Lipinski definition) is 5. The predicted molar refractivity (Wildman–Crippen MR) is 139 cm³/mol. The number of hydrogen-bond donors (Lipinski definition) is 1. The summed E-state index contributed by atoms with van der Waals surface area (Å²) in [5.41, 5.74) is 5.94. The molecule has 1 N–H and O–H groups in total. The van der Waals surface area contributed by atoms with Gasteiger partial charge in [-0.25, -0.2) is 0 Å². The van der Waals surface area contributed by atoms with Crippen molar-refractivity contribution in [2.75, 3.05) is 20.8 Å². The molecule has 7 heteroatoms. The molecule has 2 atom stereocenters. The van der Waals surface area contributed by atoms with Crippen LogP contribution in [0.5, 0.6) is 11.5 Å². The fourth-order valence-electron chi connectivity index (χ4n) is 5.33. The van der Waals surface area contributed by atoms with Crippen LogP contribution in [-0.2, 0) is 32.5 Å². The molecule has 0 radical (unpaired) electrons. The topological polar surface area (TPSA) is 45.2 Å². The summed E-state index contributed by atoms with van der Waals surface area (Å²) in [6, 6.07) is 18.2. The first-order valence-corrected chi connectivity index (χ1v) is 12.6. The minimum absolute atomic E-state index is 0.0818. The lowest BCUT2D eigenvalue weighted by molar-refractivity contribution is -0.0758. The summed E-state index contributed by atoms with van der Waals surface area (Å²) >= 11 is 12.8. The largest absolute Gasteiger partial charge is 0.493 e. The molecule has 5 rings (SSSR count). The number of ether oxygens (including phenoxy) is 2. The first-order valence-electron chi connectivity index (χ1n) is 11.9. The number of aliphatic hydroxyl groups is 1. The van der Waals surface area contributed by atoms with Crippen molar-refractivity contribution < 1.29 is 14.6 Å². The Morgan fingerprint density at radius 3 is 2.37 bits per heavy atom. The van der Waals surface area contributed by atoms with Gasteiger partial charge in [-0.1, -0.05) is 59.6 Å². The third kappa shape index (κ3) is 4.89. The van der Waals surface area contributed by atoms with Crippen LogP contribution in [0.1, 0.15) is 27.8 Å². The lowest BCUT2D eigenvalue weighted by atomic mass is 9.91. The molecule has 2 aliphatic heterocycles. The predicted octanol–water partition coefficient (Wildman–Crippen LogP) is 5.31. The van der Waals surface area contributed by atoms with Gasteiger partial charge in [0.2, 0.25) is 0 Å². The van der Waals surface area contributed by atoms with Crippen LogP contribution in [0.4, 0.5) is 0 Å². The molecule has 3 aromatic rings. The van der Waals surface area contributed by atoms with Crippen molar-refractivity contribution in [1.29, 1.82) is 0 Å². The van der Waals surface area contributed by atoms with Gasteiger partial charge in [-0.3, -0.25) is 9.80 Å². The van der Waals surface area contributed by atoms with Crippen molar-refractivity contribution in [3.8, 4) is 11.5 Å². The van der Waals surface area contributed by atoms with Gasteiger partial charge in [0.1, 0.15) is 6.23 Å². The van der Waals surface area contributed by atoms with Gasteiger partial charge < -0.3 is 14.6 Å². The van der Waals surface area contributed by atoms with E-state index in [0.29, 0.717) is 28.9 Å². The highest BCUT2D eigenvalue weighted by molar-refractivity contribution is 6.42. The number of methoxy groups -OCH3 is 2. The van der Waals surface area contributed by atoms with Gasteiger partial charge >= 0.3 is 0 Å². The minimum atomic E-state index is -0.637. The lowest BCUT2D eigenvalue weighted by Gasteiger charge is -2.44. The number of benzene rings is 3. The second-order valence-electron chi connectivity index (χ2n) is 9.27. The van der Waals surface area contributed by atoms with E-state index in [0.717, 1.165) is 42.8 Å². The first kappa shape index (κ1) is 24.4. The Labute approximate surface area is 216 Å². The molecule has 0 saturated carbocycles. The third-order valence-electron chi connectivity index (χ3n) is 7.26. The second-order valence-corrected chi connectivity index (χ2v) is 10.1. The standard InChI is InChI=1S/C28H30Cl2N2O3/c1-34-25-13-19-10-11-31(17-22(19)14-26(25)35-2)28(33)24-12-18-6-3-4-7-20(18)15-32(24)16-21-8-5-9-23(29)27(21)30/h3-9,13-14,24,28,33H,10-12,15-17H2,1-2H3. The Morgan fingerprint density at radius 1 is 0.914 bits per heavy atom. The number of halogens is 2. The Kier molecular flexibility index (Phi) is 7.24. The number of nitrogens with zero attached hydrogens (tertiary/aromatic N) is 2. The summed E-state index contributed by atoms with van der Waals surface area (Å²) < 4.78 is 11.0. The monoisotopic (exact) mass is 512 g/mol. The Morgan fingerprint density at radius 2 is 1.63 bits per heavy atom. The van der Waals surface area contributed by atoms with Crippen LogP contribution in [0.15, 0.2) is 54.6 Å². The fraction of sp³-hybridized carbons (Fsp3) is 0.357. The molecule has 0 bridgehead atoms. The zero-order valence-electron chi connectivity index (χ0n) is 20.0. The van der Waals surface area contributed by atoms with Crippen molar-refractivity contribution in [1.82, 2.24) is 9.80 Å². The van der Waals surface area contributed by atoms with Crippen molar-refractivity contribution >= 4 is 23.2 Å². The number of fused-ring (bicyclic) bond motifs is 2. The summed E-state index contributed by atoms with van der Waals surface area (Å²) in [7, 11) is 3.31. The molecule has 2 aliphatic rings. The average Bonchev–Trinajstić information content (AvgIpc) is 2.89. The molecule has 3 aromatic carbocycles. The highest BCUT2D eigenvalue weighted by Gasteiger charge is 2.36. The highest BCUT2D eigenvalue weighted by Crippen LogP contribution is 2.36. The van der Waals surface area contributed by atoms with Crippen molar-refractivity contribution in [3.63, 3.8) is 0 Å². The van der Waals surface area contributed by atoms with E-state index >= 15 is 0 Å². The fourth-order valence-corrected chi connectivity index (χ4v) is 5.71. The normalized spacial score (nSPS) is 19.1. The molecule has 0 amide bonds. The maximum Gasteiger partial charge on any atom is 0.161 e. The molecule has 0 saturated heterocycles. The molecule has 2 heterocycles. The molecule has 0 aromatic heterocycles. The smallest absolute Gasteiger partial charge is 0.161 e. The lowest BCUT2D eigenvalue weighted by Crippen LogP contribution is -2.55. The molecular formula is C28H30Cl2N2O3. The highest BCUT2D eigenvalue weighted by atomic mass is 35.5. The van der Waals surface area contributed by atoms with E-state index in [1.54, 1.807) is 20.3 Å². The summed E-state index contributed by atoms with van der Waals surface area (Å²) in [4.78, 5) is 4.49. The van der Waals surface area contributed by atoms with E-state index in [1.807, 2.05) is 18.2 Å². The van der Waals surface area contributed by atoms with Gasteiger partial charge in [0.05, 0.1) is 30.3 Å². The minimum Gasteiger partial charge on any atom is -0.493 e. The first-order chi connectivity index (χ1) is 17.0. The molecule has 35 heavy (non-hydrogen) atoms. The van der Waals surface area contributed by atoms with Gasteiger partial charge in [-0.15, -0.1) is 0 Å². The van der Waals surface area contributed by atoms with Gasteiger partial charge in [0.15, 0.2) is 11.5 Å². The molecule has 0 fully saturated rings. The summed E-state index contributed by atoms with van der Waals surface area (Å²) in [6.07, 6.45) is 0.976. The van der Waals surface area contributed by atoms with E-state index in [1.165, 1.54) is 16.7 Å². The van der Waals surface area contributed by atoms with E-state index < -0.39 is 6.23 Å². The van der Waals surface area contributed by atoms with Crippen LogP contribution in [0.25, 0.3) is 0 Å². The number of aliphatic hydroxyl groups excluding tert-OH is 1. The van der Waals surface area contributed by atoms with Crippen LogP contribution < -0.4 is 9.47 Å². The van der Waals surface area contributed by atoms with E-state index in [-0.39, 0.29) is 6.04 Å². The van der Waals surface area contributed by atoms with Gasteiger partial charge in [-0.2, -0.15) is 0 Å². The summed E-state index contributed by atoms with van der Waals surface area (Å²) in [6.45, 7) is 2.79. The average molecular weight is 513 g/mol. The molecule has 5 nitrogen and oxygen atoms in total. The third-order valence-corrected chi connectivity index (χ3v) is 8.12. The van der Waals surface area contributed by atoms with Crippen molar-refractivity contribution in [3.05, 3.63) is 92.5 Å². The molecule has 184 valence electrons. The van der Waals surface area contributed by atoms with E-state index in [2.05, 4.69) is 40.1 Å². The molecule has 2 unspecified atom stereocenters. The van der Waals surface area contributed by atoms with Crippen LogP contribution in [-0.4, -0.2) is 47.9 Å². The van der Waals surface area contributed by atoms with Crippen molar-refractivity contribution in [2.45, 2.75) is 44.7 Å². The Hall–Kier alpha value is -2.28. The van der Waals surface area contributed by atoms with Gasteiger partial charge in [-0.05, 0) is 58.9 Å². The quantitative estimate of drug-likeness (QED) is 0.484. The Bertz CT molecular complexity index is 1220. The van der Waals surface area contributed by atoms with Gasteiger partial charge in [0, 0.05) is 26.2 Å². The van der Waals surface area contributed by atoms with Crippen LogP contribution in [0, 0.1) is 0 Å². The zero-order chi connectivity index (χ0) is 24.5. The number of rotatable bonds is 6. The molecule has 0 spiro atoms. The summed E-state index contributed by atoms with van der Waals surface area (Å²) in [5.74, 6) is 1.46. The Balaban J connectivity index is 1.42. The van der Waals surface area contributed by atoms with Crippen LogP contribution >= 0.6 is 23.2 Å². The summed E-state index contributed by atoms with van der Waals surface area (Å²) in [5, 5.41) is 12.8. The van der Waals surface area contributed by atoms with Crippen molar-refractivity contribution in [2.24, 2.45) is 0 Å². The van der Waals surface area contributed by atoms with Crippen LogP contribution in [0.2, 0.25) is 10.0 Å². The van der Waals surface area contributed by atoms with Crippen LogP contribution in [0.3, 0.4) is 0 Å². The molecular weight excluding hydrogens is 483 g/mol. The molecule has 0 aliphatic carbocycles. The van der Waals surface area contributed by atoms with E-state index in [4.69, 9.17) is 32.7 Å². The maximum absolute atomic E-state index is 11.7. The van der Waals surface area contributed by atoms with E-state index in [9.17, 15) is 5.11 Å². The second kappa shape index (κ2) is 10.4.